The number of hydrogen-bond donors (Lipinski definition) is 1. The second kappa shape index (κ2) is 5.77. The average Bonchev–Trinajstić information content (AvgIpc) is 2.40. The molecule has 2 unspecified atom stereocenters. The minimum absolute atomic E-state index is 0.0229. The highest BCUT2D eigenvalue weighted by Crippen LogP contribution is 2.23. The molecular formula is C12H15FN2O3. The highest BCUT2D eigenvalue weighted by molar-refractivity contribution is 5.36. The van der Waals surface area contributed by atoms with Crippen LogP contribution in [0.5, 0.6) is 5.75 Å². The summed E-state index contributed by atoms with van der Waals surface area (Å²) in [5.74, 6) is 0.389. The quantitative estimate of drug-likeness (QED) is 0.658. The molecule has 2 atom stereocenters. The van der Waals surface area contributed by atoms with E-state index in [1.165, 1.54) is 12.1 Å². The summed E-state index contributed by atoms with van der Waals surface area (Å²) in [5, 5.41) is 13.6. The van der Waals surface area contributed by atoms with Crippen LogP contribution in [0, 0.1) is 16.0 Å². The molecule has 2 rings (SSSR count). The van der Waals surface area contributed by atoms with Gasteiger partial charge in [-0.15, -0.1) is 0 Å². The van der Waals surface area contributed by atoms with Crippen LogP contribution in [0.15, 0.2) is 24.3 Å². The first-order valence-electron chi connectivity index (χ1n) is 5.88. The lowest BCUT2D eigenvalue weighted by Crippen LogP contribution is -2.43. The van der Waals surface area contributed by atoms with E-state index in [1.54, 1.807) is 12.1 Å². The molecule has 0 aromatic heterocycles. The van der Waals surface area contributed by atoms with E-state index in [9.17, 15) is 14.5 Å². The van der Waals surface area contributed by atoms with Gasteiger partial charge in [-0.25, -0.2) is 0 Å². The van der Waals surface area contributed by atoms with Gasteiger partial charge in [0.05, 0.1) is 11.6 Å². The second-order valence-corrected chi connectivity index (χ2v) is 4.31. The molecule has 0 bridgehead atoms. The fourth-order valence-corrected chi connectivity index (χ4v) is 2.03. The Kier molecular flexibility index (Phi) is 4.09. The predicted octanol–water partition coefficient (Wildman–Crippen LogP) is 1.92. The van der Waals surface area contributed by atoms with Gasteiger partial charge in [-0.1, -0.05) is 0 Å². The summed E-state index contributed by atoms with van der Waals surface area (Å²) in [6.45, 7) is 0.979. The fourth-order valence-electron chi connectivity index (χ4n) is 2.03. The van der Waals surface area contributed by atoms with E-state index in [1.807, 2.05) is 0 Å². The van der Waals surface area contributed by atoms with Gasteiger partial charge < -0.3 is 10.1 Å². The number of nitro benzene ring substituents is 1. The van der Waals surface area contributed by atoms with Crippen LogP contribution in [-0.2, 0) is 0 Å². The summed E-state index contributed by atoms with van der Waals surface area (Å²) < 4.78 is 18.5. The van der Waals surface area contributed by atoms with Gasteiger partial charge in [-0.3, -0.25) is 14.5 Å². The molecule has 1 aliphatic heterocycles. The van der Waals surface area contributed by atoms with Crippen molar-refractivity contribution >= 4 is 5.69 Å². The van der Waals surface area contributed by atoms with E-state index in [2.05, 4.69) is 5.32 Å². The third kappa shape index (κ3) is 2.95. The number of ether oxygens (including phenoxy) is 1. The van der Waals surface area contributed by atoms with Crippen molar-refractivity contribution in [2.75, 3.05) is 19.8 Å². The number of hydrogen-bond acceptors (Lipinski definition) is 4. The SMILES string of the molecule is O=[N+]([O-])c1ccc(OC2CCNCC2CF)cc1. The number of nitrogens with one attached hydrogen (secondary N) is 1. The molecule has 1 aromatic rings. The van der Waals surface area contributed by atoms with Crippen LogP contribution in [0.2, 0.25) is 0 Å². The first kappa shape index (κ1) is 12.8. The van der Waals surface area contributed by atoms with Crippen molar-refractivity contribution in [2.24, 2.45) is 5.92 Å². The maximum atomic E-state index is 12.8. The highest BCUT2D eigenvalue weighted by Gasteiger charge is 2.26. The van der Waals surface area contributed by atoms with Gasteiger partial charge in [0.25, 0.3) is 5.69 Å². The molecule has 1 fully saturated rings. The molecule has 1 heterocycles. The fraction of sp³-hybridized carbons (Fsp3) is 0.500. The normalized spacial score (nSPS) is 23.6. The number of non-ortho nitro benzene ring substituents is 1. The summed E-state index contributed by atoms with van der Waals surface area (Å²) in [6.07, 6.45) is 0.573. The molecule has 1 N–H and O–H groups in total. The van der Waals surface area contributed by atoms with Crippen molar-refractivity contribution in [1.29, 1.82) is 0 Å². The Balaban J connectivity index is 2.01. The Morgan fingerprint density at radius 1 is 1.44 bits per heavy atom. The molecule has 1 aromatic carbocycles. The smallest absolute Gasteiger partial charge is 0.269 e. The highest BCUT2D eigenvalue weighted by atomic mass is 19.1. The monoisotopic (exact) mass is 254 g/mol. The van der Waals surface area contributed by atoms with Gasteiger partial charge in [0, 0.05) is 24.6 Å². The van der Waals surface area contributed by atoms with E-state index in [-0.39, 0.29) is 17.7 Å². The standard InChI is InChI=1S/C12H15FN2O3/c13-7-9-8-14-6-5-12(9)18-11-3-1-10(2-4-11)15(16)17/h1-4,9,12,14H,5-8H2. The predicted molar refractivity (Wildman–Crippen MR) is 64.5 cm³/mol. The molecule has 6 heteroatoms. The average molecular weight is 254 g/mol. The van der Waals surface area contributed by atoms with Crippen molar-refractivity contribution in [3.63, 3.8) is 0 Å². The summed E-state index contributed by atoms with van der Waals surface area (Å²) in [6, 6.07) is 5.88. The van der Waals surface area contributed by atoms with Gasteiger partial charge in [-0.2, -0.15) is 0 Å². The maximum Gasteiger partial charge on any atom is 0.269 e. The van der Waals surface area contributed by atoms with Gasteiger partial charge in [0.2, 0.25) is 0 Å². The Morgan fingerprint density at radius 2 is 2.17 bits per heavy atom. The number of benzene rings is 1. The van der Waals surface area contributed by atoms with Crippen molar-refractivity contribution in [1.82, 2.24) is 5.32 Å². The zero-order valence-electron chi connectivity index (χ0n) is 9.84. The number of piperidine rings is 1. The van der Waals surface area contributed by atoms with Crippen LogP contribution in [-0.4, -0.2) is 30.8 Å². The van der Waals surface area contributed by atoms with Crippen LogP contribution >= 0.6 is 0 Å². The van der Waals surface area contributed by atoms with Crippen LogP contribution in [0.4, 0.5) is 10.1 Å². The van der Waals surface area contributed by atoms with E-state index in [0.29, 0.717) is 12.3 Å². The number of alkyl halides is 1. The van der Waals surface area contributed by atoms with Gasteiger partial charge in [0.15, 0.2) is 0 Å². The molecule has 0 aliphatic carbocycles. The van der Waals surface area contributed by atoms with Crippen LogP contribution in [0.3, 0.4) is 0 Å². The summed E-state index contributed by atoms with van der Waals surface area (Å²) in [4.78, 5) is 10.0. The first-order valence-corrected chi connectivity index (χ1v) is 5.88. The lowest BCUT2D eigenvalue weighted by atomic mass is 9.97. The Bertz CT molecular complexity index is 410. The van der Waals surface area contributed by atoms with E-state index in [4.69, 9.17) is 4.74 Å². The minimum Gasteiger partial charge on any atom is -0.490 e. The van der Waals surface area contributed by atoms with Crippen LogP contribution < -0.4 is 10.1 Å². The molecule has 1 saturated heterocycles. The zero-order chi connectivity index (χ0) is 13.0. The van der Waals surface area contributed by atoms with Gasteiger partial charge in [-0.05, 0) is 25.1 Å². The summed E-state index contributed by atoms with van der Waals surface area (Å²) in [7, 11) is 0. The van der Waals surface area contributed by atoms with E-state index >= 15 is 0 Å². The van der Waals surface area contributed by atoms with Crippen molar-refractivity contribution in [3.8, 4) is 5.75 Å². The number of rotatable bonds is 4. The molecule has 1 aliphatic rings. The zero-order valence-corrected chi connectivity index (χ0v) is 9.84. The molecule has 0 amide bonds. The van der Waals surface area contributed by atoms with Crippen molar-refractivity contribution in [2.45, 2.75) is 12.5 Å². The minimum atomic E-state index is -0.460. The van der Waals surface area contributed by atoms with E-state index < -0.39 is 11.6 Å². The number of halogens is 1. The van der Waals surface area contributed by atoms with Crippen molar-refractivity contribution < 1.29 is 14.1 Å². The Morgan fingerprint density at radius 3 is 2.78 bits per heavy atom. The molecule has 18 heavy (non-hydrogen) atoms. The van der Waals surface area contributed by atoms with Crippen molar-refractivity contribution in [3.05, 3.63) is 34.4 Å². The molecular weight excluding hydrogens is 239 g/mol. The van der Waals surface area contributed by atoms with Crippen LogP contribution in [0.25, 0.3) is 0 Å². The maximum absolute atomic E-state index is 12.8. The first-order chi connectivity index (χ1) is 8.70. The third-order valence-corrected chi connectivity index (χ3v) is 3.07. The molecule has 0 spiro atoms. The summed E-state index contributed by atoms with van der Waals surface area (Å²) in [5.41, 5.74) is 0.0229. The van der Waals surface area contributed by atoms with Gasteiger partial charge in [0.1, 0.15) is 11.9 Å². The molecule has 0 saturated carbocycles. The summed E-state index contributed by atoms with van der Waals surface area (Å²) >= 11 is 0. The second-order valence-electron chi connectivity index (χ2n) is 4.31. The van der Waals surface area contributed by atoms with Gasteiger partial charge >= 0.3 is 0 Å². The third-order valence-electron chi connectivity index (χ3n) is 3.07. The lowest BCUT2D eigenvalue weighted by molar-refractivity contribution is -0.384. The van der Waals surface area contributed by atoms with Crippen LogP contribution in [0.1, 0.15) is 6.42 Å². The number of nitrogens with zero attached hydrogens (tertiary/aromatic N) is 1. The number of nitro groups is 1. The topological polar surface area (TPSA) is 64.4 Å². The molecule has 5 nitrogen and oxygen atoms in total. The Labute approximate surface area is 104 Å². The van der Waals surface area contributed by atoms with E-state index in [0.717, 1.165) is 13.0 Å². The Hall–Kier alpha value is -1.69. The molecule has 98 valence electrons. The molecule has 0 radical (unpaired) electrons. The lowest BCUT2D eigenvalue weighted by Gasteiger charge is -2.30. The largest absolute Gasteiger partial charge is 0.490 e.